The molecule has 0 saturated heterocycles. The van der Waals surface area contributed by atoms with E-state index in [-0.39, 0.29) is 0 Å². The van der Waals surface area contributed by atoms with Crippen molar-refractivity contribution in [2.24, 2.45) is 11.8 Å². The van der Waals surface area contributed by atoms with E-state index in [0.29, 0.717) is 12.1 Å². The molecular weight excluding hydrogens is 222 g/mol. The summed E-state index contributed by atoms with van der Waals surface area (Å²) < 4.78 is 5.58. The molecule has 18 heavy (non-hydrogen) atoms. The number of hydrogen-bond donors (Lipinski definition) is 1. The number of rotatable bonds is 2. The number of hydrogen-bond acceptors (Lipinski definition) is 2. The van der Waals surface area contributed by atoms with Gasteiger partial charge in [-0.25, -0.2) is 0 Å². The Kier molecular flexibility index (Phi) is 3.47. The van der Waals surface area contributed by atoms with E-state index in [0.717, 1.165) is 18.3 Å². The Morgan fingerprint density at radius 2 is 2.11 bits per heavy atom. The molecule has 0 bridgehead atoms. The number of nitrogens with one attached hydrogen (secondary N) is 1. The smallest absolute Gasteiger partial charge is 0.108 e. The minimum Gasteiger partial charge on any atom is -0.469 e. The average molecular weight is 247 g/mol. The van der Waals surface area contributed by atoms with Gasteiger partial charge in [-0.15, -0.1) is 0 Å². The maximum atomic E-state index is 5.58. The van der Waals surface area contributed by atoms with Crippen LogP contribution in [0.4, 0.5) is 0 Å². The van der Waals surface area contributed by atoms with Crippen LogP contribution >= 0.6 is 0 Å². The van der Waals surface area contributed by atoms with Gasteiger partial charge < -0.3 is 9.73 Å². The summed E-state index contributed by atoms with van der Waals surface area (Å²) in [5.74, 6) is 2.92. The Hall–Kier alpha value is -0.760. The van der Waals surface area contributed by atoms with Gasteiger partial charge in [0, 0.05) is 24.1 Å². The third-order valence-corrected chi connectivity index (χ3v) is 4.93. The molecule has 1 aromatic heterocycles. The van der Waals surface area contributed by atoms with Crippen molar-refractivity contribution in [2.45, 2.75) is 64.5 Å². The van der Waals surface area contributed by atoms with Gasteiger partial charge in [-0.2, -0.15) is 0 Å². The van der Waals surface area contributed by atoms with Gasteiger partial charge in [-0.05, 0) is 43.6 Å². The minimum atomic E-state index is 0.533. The Morgan fingerprint density at radius 3 is 3.00 bits per heavy atom. The van der Waals surface area contributed by atoms with Crippen molar-refractivity contribution in [2.75, 3.05) is 0 Å². The summed E-state index contributed by atoms with van der Waals surface area (Å²) in [6, 6.07) is 3.40. The highest BCUT2D eigenvalue weighted by molar-refractivity contribution is 5.24. The molecule has 2 heteroatoms. The SMILES string of the molecule is CC1CCC(C)C(NC2CCCc3occc32)C1. The van der Waals surface area contributed by atoms with E-state index < -0.39 is 0 Å². The van der Waals surface area contributed by atoms with Gasteiger partial charge in [0.15, 0.2) is 0 Å². The molecule has 2 aliphatic rings. The monoisotopic (exact) mass is 247 g/mol. The fraction of sp³-hybridized carbons (Fsp3) is 0.750. The molecule has 0 amide bonds. The van der Waals surface area contributed by atoms with Crippen LogP contribution < -0.4 is 5.32 Å². The Morgan fingerprint density at radius 1 is 1.22 bits per heavy atom. The van der Waals surface area contributed by atoms with Crippen molar-refractivity contribution < 1.29 is 4.42 Å². The molecular formula is C16H25NO. The molecule has 0 aromatic carbocycles. The summed E-state index contributed by atoms with van der Waals surface area (Å²) in [6.45, 7) is 4.80. The van der Waals surface area contributed by atoms with Crippen LogP contribution in [0.15, 0.2) is 16.7 Å². The van der Waals surface area contributed by atoms with Gasteiger partial charge in [-0.3, -0.25) is 0 Å². The molecule has 4 unspecified atom stereocenters. The van der Waals surface area contributed by atoms with Crippen molar-refractivity contribution in [3.8, 4) is 0 Å². The summed E-state index contributed by atoms with van der Waals surface area (Å²) in [6.07, 6.45) is 9.63. The highest BCUT2D eigenvalue weighted by Gasteiger charge is 2.30. The lowest BCUT2D eigenvalue weighted by Crippen LogP contribution is -2.42. The van der Waals surface area contributed by atoms with Gasteiger partial charge in [0.2, 0.25) is 0 Å². The number of fused-ring (bicyclic) bond motifs is 1. The highest BCUT2D eigenvalue weighted by atomic mass is 16.3. The first-order chi connectivity index (χ1) is 8.74. The van der Waals surface area contributed by atoms with E-state index in [2.05, 4.69) is 25.2 Å². The molecule has 1 N–H and O–H groups in total. The molecule has 3 rings (SSSR count). The summed E-state index contributed by atoms with van der Waals surface area (Å²) in [4.78, 5) is 0. The van der Waals surface area contributed by atoms with Crippen molar-refractivity contribution in [3.05, 3.63) is 23.7 Å². The van der Waals surface area contributed by atoms with E-state index in [1.165, 1.54) is 43.4 Å². The fourth-order valence-corrected chi connectivity index (χ4v) is 3.68. The molecule has 0 spiro atoms. The third-order valence-electron chi connectivity index (χ3n) is 4.93. The maximum Gasteiger partial charge on any atom is 0.108 e. The van der Waals surface area contributed by atoms with Crippen molar-refractivity contribution in [3.63, 3.8) is 0 Å². The van der Waals surface area contributed by atoms with E-state index in [1.807, 2.05) is 6.26 Å². The van der Waals surface area contributed by atoms with Gasteiger partial charge in [-0.1, -0.05) is 20.3 Å². The van der Waals surface area contributed by atoms with Crippen LogP contribution in [0.25, 0.3) is 0 Å². The normalized spacial score (nSPS) is 36.3. The van der Waals surface area contributed by atoms with E-state index >= 15 is 0 Å². The van der Waals surface area contributed by atoms with Crippen molar-refractivity contribution >= 4 is 0 Å². The highest BCUT2D eigenvalue weighted by Crippen LogP contribution is 2.34. The second-order valence-corrected chi connectivity index (χ2v) is 6.41. The lowest BCUT2D eigenvalue weighted by molar-refractivity contribution is 0.206. The van der Waals surface area contributed by atoms with Gasteiger partial charge in [0.25, 0.3) is 0 Å². The Balaban J connectivity index is 1.70. The number of aryl methyl sites for hydroxylation is 1. The van der Waals surface area contributed by atoms with Gasteiger partial charge in [0.05, 0.1) is 6.26 Å². The lowest BCUT2D eigenvalue weighted by atomic mass is 9.79. The predicted octanol–water partition coefficient (Wildman–Crippen LogP) is 4.07. The van der Waals surface area contributed by atoms with Gasteiger partial charge >= 0.3 is 0 Å². The first-order valence-corrected chi connectivity index (χ1v) is 7.56. The Labute approximate surface area is 110 Å². The summed E-state index contributed by atoms with van der Waals surface area (Å²) in [7, 11) is 0. The van der Waals surface area contributed by atoms with Crippen LogP contribution in [0, 0.1) is 11.8 Å². The lowest BCUT2D eigenvalue weighted by Gasteiger charge is -2.37. The molecule has 100 valence electrons. The molecule has 2 aliphatic carbocycles. The zero-order valence-corrected chi connectivity index (χ0v) is 11.6. The summed E-state index contributed by atoms with van der Waals surface area (Å²) >= 11 is 0. The zero-order chi connectivity index (χ0) is 12.5. The predicted molar refractivity (Wildman–Crippen MR) is 73.5 cm³/mol. The average Bonchev–Trinajstić information content (AvgIpc) is 2.83. The summed E-state index contributed by atoms with van der Waals surface area (Å²) in [5.41, 5.74) is 1.42. The minimum absolute atomic E-state index is 0.533. The fourth-order valence-electron chi connectivity index (χ4n) is 3.68. The van der Waals surface area contributed by atoms with Crippen LogP contribution in [-0.2, 0) is 6.42 Å². The number of furan rings is 1. The summed E-state index contributed by atoms with van der Waals surface area (Å²) in [5, 5.41) is 3.92. The van der Waals surface area contributed by atoms with Crippen molar-refractivity contribution in [1.29, 1.82) is 0 Å². The second-order valence-electron chi connectivity index (χ2n) is 6.41. The molecule has 1 heterocycles. The molecule has 0 radical (unpaired) electrons. The van der Waals surface area contributed by atoms with Gasteiger partial charge in [0.1, 0.15) is 5.76 Å². The van der Waals surface area contributed by atoms with Crippen LogP contribution in [0.2, 0.25) is 0 Å². The van der Waals surface area contributed by atoms with E-state index in [1.54, 1.807) is 0 Å². The standard InChI is InChI=1S/C16H25NO/c1-11-6-7-12(2)15(10-11)17-14-4-3-5-16-13(14)8-9-18-16/h8-9,11-12,14-15,17H,3-7,10H2,1-2H3. The zero-order valence-electron chi connectivity index (χ0n) is 11.6. The Bertz CT molecular complexity index is 398. The van der Waals surface area contributed by atoms with Crippen LogP contribution in [0.5, 0.6) is 0 Å². The quantitative estimate of drug-likeness (QED) is 0.852. The topological polar surface area (TPSA) is 25.2 Å². The third kappa shape index (κ3) is 2.35. The van der Waals surface area contributed by atoms with E-state index in [9.17, 15) is 0 Å². The van der Waals surface area contributed by atoms with Crippen LogP contribution in [-0.4, -0.2) is 6.04 Å². The first kappa shape index (κ1) is 12.3. The van der Waals surface area contributed by atoms with E-state index in [4.69, 9.17) is 4.42 Å². The molecule has 0 aliphatic heterocycles. The molecule has 4 atom stereocenters. The first-order valence-electron chi connectivity index (χ1n) is 7.56. The van der Waals surface area contributed by atoms with Crippen LogP contribution in [0.3, 0.4) is 0 Å². The van der Waals surface area contributed by atoms with Crippen molar-refractivity contribution in [1.82, 2.24) is 5.32 Å². The maximum absolute atomic E-state index is 5.58. The molecule has 1 saturated carbocycles. The molecule has 2 nitrogen and oxygen atoms in total. The molecule has 1 fully saturated rings. The second kappa shape index (κ2) is 5.08. The largest absolute Gasteiger partial charge is 0.469 e. The van der Waals surface area contributed by atoms with Crippen LogP contribution in [0.1, 0.15) is 63.3 Å². The molecule has 1 aromatic rings.